The number of nitrogens with one attached hydrogen (secondary N) is 1. The minimum absolute atomic E-state index is 0.00748. The third-order valence-corrected chi connectivity index (χ3v) is 4.94. The first-order valence-electron chi connectivity index (χ1n) is 9.15. The average molecular weight is 373 g/mol. The van der Waals surface area contributed by atoms with Gasteiger partial charge in [0.2, 0.25) is 5.91 Å². The lowest BCUT2D eigenvalue weighted by atomic mass is 10.0. The summed E-state index contributed by atoms with van der Waals surface area (Å²) < 4.78 is 16.3. The van der Waals surface area contributed by atoms with Crippen LogP contribution in [0, 0.1) is 12.8 Å². The topological polar surface area (TPSA) is 76.8 Å². The smallest absolute Gasteiger partial charge is 0.234 e. The van der Waals surface area contributed by atoms with Gasteiger partial charge in [-0.25, -0.2) is 0 Å². The summed E-state index contributed by atoms with van der Waals surface area (Å²) in [6, 6.07) is 9.64. The second-order valence-corrected chi connectivity index (χ2v) is 6.96. The molecular formula is C20H27N3O4. The number of amides is 1. The van der Waals surface area contributed by atoms with Crippen LogP contribution >= 0.6 is 0 Å². The Balaban J connectivity index is 1.50. The molecule has 1 amide bonds. The molecular weight excluding hydrogens is 346 g/mol. The molecule has 7 heteroatoms. The van der Waals surface area contributed by atoms with E-state index in [1.54, 1.807) is 14.2 Å². The van der Waals surface area contributed by atoms with Gasteiger partial charge in [0.25, 0.3) is 0 Å². The monoisotopic (exact) mass is 373 g/mol. The highest BCUT2D eigenvalue weighted by molar-refractivity contribution is 5.78. The van der Waals surface area contributed by atoms with Crippen molar-refractivity contribution in [2.45, 2.75) is 26.0 Å². The van der Waals surface area contributed by atoms with Gasteiger partial charge in [-0.2, -0.15) is 0 Å². The van der Waals surface area contributed by atoms with E-state index in [1.165, 1.54) is 0 Å². The summed E-state index contributed by atoms with van der Waals surface area (Å²) in [6.07, 6.45) is 0.844. The molecule has 7 nitrogen and oxygen atoms in total. The summed E-state index contributed by atoms with van der Waals surface area (Å²) in [6.45, 7) is 4.23. The van der Waals surface area contributed by atoms with Crippen LogP contribution in [0.2, 0.25) is 0 Å². The third kappa shape index (κ3) is 5.08. The van der Waals surface area contributed by atoms with E-state index in [0.29, 0.717) is 13.1 Å². The molecule has 0 radical (unpaired) electrons. The van der Waals surface area contributed by atoms with Gasteiger partial charge in [0.15, 0.2) is 0 Å². The van der Waals surface area contributed by atoms with E-state index < -0.39 is 0 Å². The molecule has 27 heavy (non-hydrogen) atoms. The number of carbonyl (C=O) groups excluding carboxylic acids is 1. The molecule has 1 aromatic heterocycles. The fourth-order valence-corrected chi connectivity index (χ4v) is 3.59. The van der Waals surface area contributed by atoms with Gasteiger partial charge in [-0.1, -0.05) is 23.4 Å². The van der Waals surface area contributed by atoms with Gasteiger partial charge in [-0.05, 0) is 13.0 Å². The average Bonchev–Trinajstić information content (AvgIpc) is 3.25. The highest BCUT2D eigenvalue weighted by Crippen LogP contribution is 2.24. The second-order valence-electron chi connectivity index (χ2n) is 6.96. The van der Waals surface area contributed by atoms with Crippen molar-refractivity contribution in [3.63, 3.8) is 0 Å². The SMILES string of the molecule is COc1ccccc1CNC(=O)CN1C[C@@H](Cc2cc(C)no2)[C@@H](OC)C1. The molecule has 3 rings (SSSR count). The van der Waals surface area contributed by atoms with E-state index in [9.17, 15) is 4.79 Å². The zero-order chi connectivity index (χ0) is 19.2. The predicted octanol–water partition coefficient (Wildman–Crippen LogP) is 1.80. The molecule has 1 aromatic carbocycles. The molecule has 0 aliphatic carbocycles. The molecule has 2 aromatic rings. The minimum atomic E-state index is -0.00748. The Kier molecular flexibility index (Phi) is 6.47. The number of methoxy groups -OCH3 is 2. The molecule has 1 saturated heterocycles. The zero-order valence-electron chi connectivity index (χ0n) is 16.1. The number of hydrogen-bond donors (Lipinski definition) is 1. The van der Waals surface area contributed by atoms with Crippen LogP contribution in [0.3, 0.4) is 0 Å². The van der Waals surface area contributed by atoms with E-state index >= 15 is 0 Å². The number of rotatable bonds is 8. The number of benzene rings is 1. The van der Waals surface area contributed by atoms with Gasteiger partial charge >= 0.3 is 0 Å². The number of nitrogens with zero attached hydrogens (tertiary/aromatic N) is 2. The number of ether oxygens (including phenoxy) is 2. The van der Waals surface area contributed by atoms with Crippen molar-refractivity contribution in [1.82, 2.24) is 15.4 Å². The maximum absolute atomic E-state index is 12.4. The van der Waals surface area contributed by atoms with E-state index in [4.69, 9.17) is 14.0 Å². The van der Waals surface area contributed by atoms with Crippen LogP contribution in [0.1, 0.15) is 17.0 Å². The predicted molar refractivity (Wildman–Crippen MR) is 101 cm³/mol. The lowest BCUT2D eigenvalue weighted by Gasteiger charge is -2.15. The standard InChI is InChI=1S/C20H27N3O4/c1-14-8-17(27-22-14)9-16-11-23(12-19(16)26-3)13-20(24)21-10-15-6-4-5-7-18(15)25-2/h4-8,16,19H,9-13H2,1-3H3,(H,21,24)/t16-,19+/m1/s1. The molecule has 1 aliphatic rings. The van der Waals surface area contributed by atoms with Crippen LogP contribution in [0.4, 0.5) is 0 Å². The fraction of sp³-hybridized carbons (Fsp3) is 0.500. The third-order valence-electron chi connectivity index (χ3n) is 4.94. The summed E-state index contributed by atoms with van der Waals surface area (Å²) in [7, 11) is 3.35. The Morgan fingerprint density at radius 3 is 2.85 bits per heavy atom. The van der Waals surface area contributed by atoms with Crippen LogP contribution in [0.25, 0.3) is 0 Å². The largest absolute Gasteiger partial charge is 0.496 e. The van der Waals surface area contributed by atoms with Crippen molar-refractivity contribution < 1.29 is 18.8 Å². The van der Waals surface area contributed by atoms with E-state index in [1.807, 2.05) is 37.3 Å². The fourth-order valence-electron chi connectivity index (χ4n) is 3.59. The molecule has 146 valence electrons. The summed E-state index contributed by atoms with van der Waals surface area (Å²) in [5, 5.41) is 6.91. The summed E-state index contributed by atoms with van der Waals surface area (Å²) in [5.41, 5.74) is 1.84. The summed E-state index contributed by atoms with van der Waals surface area (Å²) in [4.78, 5) is 14.5. The van der Waals surface area contributed by atoms with Crippen LogP contribution in [-0.4, -0.2) is 55.9 Å². The van der Waals surface area contributed by atoms with Gasteiger partial charge in [0, 0.05) is 50.7 Å². The lowest BCUT2D eigenvalue weighted by molar-refractivity contribution is -0.122. The zero-order valence-corrected chi connectivity index (χ0v) is 16.1. The molecule has 1 N–H and O–H groups in total. The first-order valence-corrected chi connectivity index (χ1v) is 9.15. The van der Waals surface area contributed by atoms with Crippen LogP contribution in [0.15, 0.2) is 34.9 Å². The van der Waals surface area contributed by atoms with Crippen molar-refractivity contribution in [3.8, 4) is 5.75 Å². The van der Waals surface area contributed by atoms with E-state index in [2.05, 4.69) is 15.4 Å². The Morgan fingerprint density at radius 2 is 2.15 bits per heavy atom. The summed E-state index contributed by atoms with van der Waals surface area (Å²) in [5.74, 6) is 1.92. The van der Waals surface area contributed by atoms with Crippen molar-refractivity contribution >= 4 is 5.91 Å². The molecule has 2 atom stereocenters. The molecule has 2 heterocycles. The Hall–Kier alpha value is -2.38. The normalized spacial score (nSPS) is 20.0. The van der Waals surface area contributed by atoms with Gasteiger partial charge in [0.05, 0.1) is 25.5 Å². The molecule has 0 saturated carbocycles. The molecule has 0 unspecified atom stereocenters. The molecule has 0 spiro atoms. The van der Waals surface area contributed by atoms with Crippen molar-refractivity contribution in [3.05, 3.63) is 47.3 Å². The molecule has 1 aliphatic heterocycles. The number of para-hydroxylation sites is 1. The Morgan fingerprint density at radius 1 is 1.33 bits per heavy atom. The van der Waals surface area contributed by atoms with Crippen molar-refractivity contribution in [2.24, 2.45) is 5.92 Å². The number of carbonyl (C=O) groups is 1. The van der Waals surface area contributed by atoms with Gasteiger partial charge in [-0.3, -0.25) is 9.69 Å². The molecule has 0 bridgehead atoms. The number of likely N-dealkylation sites (tertiary alicyclic amines) is 1. The van der Waals surface area contributed by atoms with Crippen LogP contribution < -0.4 is 10.1 Å². The van der Waals surface area contributed by atoms with Gasteiger partial charge in [0.1, 0.15) is 11.5 Å². The van der Waals surface area contributed by atoms with Crippen LogP contribution in [0.5, 0.6) is 5.75 Å². The van der Waals surface area contributed by atoms with Crippen LogP contribution in [-0.2, 0) is 22.5 Å². The van der Waals surface area contributed by atoms with E-state index in [-0.39, 0.29) is 17.9 Å². The highest BCUT2D eigenvalue weighted by atomic mass is 16.5. The second kappa shape index (κ2) is 9.01. The highest BCUT2D eigenvalue weighted by Gasteiger charge is 2.34. The van der Waals surface area contributed by atoms with Gasteiger partial charge < -0.3 is 19.3 Å². The molecule has 1 fully saturated rings. The Labute approximate surface area is 159 Å². The van der Waals surface area contributed by atoms with Crippen molar-refractivity contribution in [2.75, 3.05) is 33.9 Å². The lowest BCUT2D eigenvalue weighted by Crippen LogP contribution is -2.36. The summed E-state index contributed by atoms with van der Waals surface area (Å²) >= 11 is 0. The number of aryl methyl sites for hydroxylation is 1. The maximum atomic E-state index is 12.4. The van der Waals surface area contributed by atoms with Crippen molar-refractivity contribution in [1.29, 1.82) is 0 Å². The van der Waals surface area contributed by atoms with E-state index in [0.717, 1.165) is 42.3 Å². The first-order chi connectivity index (χ1) is 13.1. The first kappa shape index (κ1) is 19.4. The maximum Gasteiger partial charge on any atom is 0.234 e. The quantitative estimate of drug-likeness (QED) is 0.760. The number of aromatic nitrogens is 1. The minimum Gasteiger partial charge on any atom is -0.496 e. The van der Waals surface area contributed by atoms with Gasteiger partial charge in [-0.15, -0.1) is 0 Å². The number of hydrogen-bond acceptors (Lipinski definition) is 6. The Bertz CT molecular complexity index is 761.